The largest absolute Gasteiger partial charge is 0.481 e. The van der Waals surface area contributed by atoms with E-state index in [4.69, 9.17) is 21.3 Å². The van der Waals surface area contributed by atoms with Crippen LogP contribution in [0.3, 0.4) is 0 Å². The molecule has 57 heavy (non-hydrogen) atoms. The van der Waals surface area contributed by atoms with Gasteiger partial charge < -0.3 is 21.3 Å². The number of amides is 4. The Balaban J connectivity index is 0.000000671. The molecule has 3 aliphatic rings. The van der Waals surface area contributed by atoms with Crippen molar-refractivity contribution in [2.24, 2.45) is 17.4 Å². The number of imide groups is 2. The summed E-state index contributed by atoms with van der Waals surface area (Å²) in [7, 11) is 0. The molecule has 3 heterocycles. The maximum atomic E-state index is 13.7. The van der Waals surface area contributed by atoms with Crippen LogP contribution in [-0.2, 0) is 43.5 Å². The first-order chi connectivity index (χ1) is 27.0. The van der Waals surface area contributed by atoms with Gasteiger partial charge in [-0.3, -0.25) is 33.8 Å². The first-order valence-corrected chi connectivity index (χ1v) is 21.5. The van der Waals surface area contributed by atoms with Crippen LogP contribution < -0.4 is 11.5 Å². The monoisotopic (exact) mass is 807 g/mol. The zero-order valence-corrected chi connectivity index (χ0v) is 35.2. The molecule has 0 saturated carbocycles. The van der Waals surface area contributed by atoms with Gasteiger partial charge in [-0.1, -0.05) is 51.4 Å². The minimum absolute atomic E-state index is 0.111. The molecule has 0 aliphatic carbocycles. The number of unbranched alkanes of at least 4 members (excludes halogenated alkanes) is 2. The molecule has 0 aromatic rings. The number of carbonyl (C=O) groups is 7. The normalized spacial score (nSPS) is 21.9. The van der Waals surface area contributed by atoms with E-state index in [-0.39, 0.29) is 38.5 Å². The first kappa shape index (κ1) is 49.9. The first-order valence-electron chi connectivity index (χ1n) is 21.5. The second-order valence-corrected chi connectivity index (χ2v) is 17.3. The van der Waals surface area contributed by atoms with E-state index in [9.17, 15) is 38.8 Å². The number of carbonyl (C=O) groups excluding carboxylic acids is 6. The number of piperidine rings is 1. The summed E-state index contributed by atoms with van der Waals surface area (Å²) in [6.45, 7) is 7.94. The standard InChI is InChI=1S/C32H54N4O7.C10H18NO3/c33-23-15-13-17-25(35-27(37)19-9-5-1-2-6-10-20-28(35)38)31(41)43-32(42)26(18-14-16-24-34)36-29(39)21-11-7-3-4-8-12-22-30(36)40;1-9(2)5-7(8(12)13)6-10(3,4)11(9)14/h25-26H,1-24,33-34H2;7H,5-6H2,1-4H3,(H,12,13)/t25-,26-;/m0./s1. The number of hydroxylamine groups is 2. The van der Waals surface area contributed by atoms with E-state index >= 15 is 0 Å². The molecule has 0 spiro atoms. The maximum Gasteiger partial charge on any atom is 0.337 e. The van der Waals surface area contributed by atoms with Gasteiger partial charge in [0.15, 0.2) is 0 Å². The van der Waals surface area contributed by atoms with E-state index < -0.39 is 70.6 Å². The fourth-order valence-corrected chi connectivity index (χ4v) is 8.32. The molecule has 3 aliphatic heterocycles. The molecule has 15 heteroatoms. The van der Waals surface area contributed by atoms with Crippen LogP contribution in [0.25, 0.3) is 0 Å². The van der Waals surface area contributed by atoms with Gasteiger partial charge in [0.1, 0.15) is 12.1 Å². The summed E-state index contributed by atoms with van der Waals surface area (Å²) in [6, 6.07) is -2.56. The number of nitrogens with zero attached hydrogens (tertiary/aromatic N) is 3. The minimum Gasteiger partial charge on any atom is -0.481 e. The molecule has 325 valence electrons. The molecule has 3 saturated heterocycles. The Morgan fingerprint density at radius 1 is 0.596 bits per heavy atom. The molecule has 0 unspecified atom stereocenters. The molecule has 4 amide bonds. The molecule has 15 nitrogen and oxygen atoms in total. The summed E-state index contributed by atoms with van der Waals surface area (Å²) in [5, 5.41) is 21.9. The van der Waals surface area contributed by atoms with Crippen molar-refractivity contribution in [1.29, 1.82) is 0 Å². The molecule has 0 aromatic heterocycles. The number of aliphatic carboxylic acids is 1. The van der Waals surface area contributed by atoms with Crippen molar-refractivity contribution in [3.8, 4) is 0 Å². The number of hydrogen-bond acceptors (Lipinski definition) is 11. The number of ether oxygens (including phenoxy) is 1. The third-order valence-electron chi connectivity index (χ3n) is 11.3. The SMILES string of the molecule is CC1(C)CC(C(=O)O)CC(C)(C)N1[O].NCCCC[C@@H](C(=O)OC(=O)[C@H](CCCCN)N1C(=O)CCCCCCCCC1=O)N1C(=O)CCCCCCCCC1=O. The van der Waals surface area contributed by atoms with Crippen LogP contribution in [0.2, 0.25) is 0 Å². The molecule has 2 atom stereocenters. The Morgan fingerprint density at radius 2 is 0.895 bits per heavy atom. The number of hydrogen-bond donors (Lipinski definition) is 3. The summed E-state index contributed by atoms with van der Waals surface area (Å²) >= 11 is 0. The van der Waals surface area contributed by atoms with Gasteiger partial charge in [-0.25, -0.2) is 9.59 Å². The average molecular weight is 807 g/mol. The molecule has 3 rings (SSSR count). The quantitative estimate of drug-likeness (QED) is 0.0879. The maximum absolute atomic E-state index is 13.7. The Kier molecular flexibility index (Phi) is 22.1. The number of carboxylic acids is 1. The van der Waals surface area contributed by atoms with Crippen LogP contribution in [0.15, 0.2) is 0 Å². The molecular weight excluding hydrogens is 734 g/mol. The van der Waals surface area contributed by atoms with E-state index in [2.05, 4.69) is 0 Å². The number of nitrogens with two attached hydrogens (primary N) is 2. The van der Waals surface area contributed by atoms with Gasteiger partial charge in [0.25, 0.3) is 0 Å². The lowest BCUT2D eigenvalue weighted by molar-refractivity contribution is -0.293. The van der Waals surface area contributed by atoms with Crippen molar-refractivity contribution in [2.75, 3.05) is 13.1 Å². The molecule has 1 radical (unpaired) electrons. The van der Waals surface area contributed by atoms with Crippen LogP contribution in [0, 0.1) is 5.92 Å². The summed E-state index contributed by atoms with van der Waals surface area (Å²) in [6.07, 6.45) is 13.4. The Labute approximate surface area is 339 Å². The fourth-order valence-electron chi connectivity index (χ4n) is 8.32. The van der Waals surface area contributed by atoms with Gasteiger partial charge in [0, 0.05) is 36.8 Å². The van der Waals surface area contributed by atoms with Gasteiger partial charge in [-0.2, -0.15) is 0 Å². The summed E-state index contributed by atoms with van der Waals surface area (Å²) < 4.78 is 5.41. The summed E-state index contributed by atoms with van der Waals surface area (Å²) in [5.41, 5.74) is 10.2. The smallest absolute Gasteiger partial charge is 0.337 e. The third-order valence-corrected chi connectivity index (χ3v) is 11.3. The van der Waals surface area contributed by atoms with Crippen LogP contribution >= 0.6 is 0 Å². The fraction of sp³-hybridized carbons (Fsp3) is 0.833. The lowest BCUT2D eigenvalue weighted by Crippen LogP contribution is -2.59. The van der Waals surface area contributed by atoms with Crippen LogP contribution in [0.5, 0.6) is 0 Å². The number of carboxylic acid groups (broad SMARTS) is 1. The second-order valence-electron chi connectivity index (χ2n) is 17.3. The zero-order valence-electron chi connectivity index (χ0n) is 35.2. The summed E-state index contributed by atoms with van der Waals surface area (Å²) in [5.74, 6) is -5.03. The Morgan fingerprint density at radius 3 is 1.18 bits per heavy atom. The molecule has 5 N–H and O–H groups in total. The van der Waals surface area contributed by atoms with E-state index in [0.717, 1.165) is 66.2 Å². The highest BCUT2D eigenvalue weighted by molar-refractivity contribution is 6.03. The van der Waals surface area contributed by atoms with Crippen molar-refractivity contribution in [1.82, 2.24) is 14.9 Å². The predicted octanol–water partition coefficient (Wildman–Crippen LogP) is 5.72. The predicted molar refractivity (Wildman–Crippen MR) is 213 cm³/mol. The lowest BCUT2D eigenvalue weighted by Gasteiger charge is -2.48. The van der Waals surface area contributed by atoms with E-state index in [1.165, 1.54) is 0 Å². The zero-order chi connectivity index (χ0) is 42.6. The van der Waals surface area contributed by atoms with Gasteiger partial charge in [-0.05, 0) is 118 Å². The van der Waals surface area contributed by atoms with E-state index in [1.54, 1.807) is 27.7 Å². The topological polar surface area (TPSA) is 231 Å². The van der Waals surface area contributed by atoms with Crippen LogP contribution in [0.4, 0.5) is 0 Å². The Hall–Kier alpha value is -3.27. The third kappa shape index (κ3) is 16.5. The van der Waals surface area contributed by atoms with E-state index in [0.29, 0.717) is 77.3 Å². The highest BCUT2D eigenvalue weighted by Crippen LogP contribution is 2.40. The van der Waals surface area contributed by atoms with Gasteiger partial charge in [0.05, 0.1) is 5.92 Å². The highest BCUT2D eigenvalue weighted by Gasteiger charge is 2.48. The highest BCUT2D eigenvalue weighted by atomic mass is 16.6. The number of rotatable bonds is 13. The average Bonchev–Trinajstić information content (AvgIpc) is 3.20. The molecule has 0 aromatic carbocycles. The number of esters is 2. The minimum atomic E-state index is -1.28. The van der Waals surface area contributed by atoms with Crippen molar-refractivity contribution in [3.05, 3.63) is 0 Å². The lowest BCUT2D eigenvalue weighted by atomic mass is 9.75. The molecular formula is C42H72N5O10. The van der Waals surface area contributed by atoms with Crippen molar-refractivity contribution in [2.45, 2.75) is 205 Å². The molecule has 0 bridgehead atoms. The van der Waals surface area contributed by atoms with Crippen LogP contribution in [0.1, 0.15) is 182 Å². The second kappa shape index (κ2) is 25.3. The van der Waals surface area contributed by atoms with Gasteiger partial charge in [0.2, 0.25) is 23.6 Å². The molecule has 3 fully saturated rings. The van der Waals surface area contributed by atoms with Crippen molar-refractivity contribution < 1.29 is 48.6 Å². The van der Waals surface area contributed by atoms with Crippen LogP contribution in [-0.4, -0.2) is 97.8 Å². The van der Waals surface area contributed by atoms with Gasteiger partial charge in [-0.15, -0.1) is 10.3 Å². The van der Waals surface area contributed by atoms with Crippen molar-refractivity contribution >= 4 is 41.5 Å². The van der Waals surface area contributed by atoms with Gasteiger partial charge >= 0.3 is 17.9 Å². The Bertz CT molecular complexity index is 1200. The van der Waals surface area contributed by atoms with Crippen molar-refractivity contribution in [3.63, 3.8) is 0 Å². The van der Waals surface area contributed by atoms with E-state index in [1.807, 2.05) is 0 Å². The summed E-state index contributed by atoms with van der Waals surface area (Å²) in [4.78, 5) is 93.5.